The molecular formula is C10H14N2O3. The Hall–Kier alpha value is -1.62. The van der Waals surface area contributed by atoms with E-state index in [1.165, 1.54) is 7.11 Å². The van der Waals surface area contributed by atoms with Gasteiger partial charge in [0.05, 0.1) is 4.92 Å². The molecule has 0 amide bonds. The third-order valence-electron chi connectivity index (χ3n) is 2.22. The van der Waals surface area contributed by atoms with Crippen LogP contribution in [-0.4, -0.2) is 18.8 Å². The summed E-state index contributed by atoms with van der Waals surface area (Å²) in [5, 5.41) is 13.6. The molecule has 0 aliphatic heterocycles. The quantitative estimate of drug-likeness (QED) is 0.470. The van der Waals surface area contributed by atoms with Gasteiger partial charge in [-0.15, -0.1) is 0 Å². The fourth-order valence-electron chi connectivity index (χ4n) is 1.24. The van der Waals surface area contributed by atoms with Crippen molar-refractivity contribution >= 4 is 11.4 Å². The number of hydrogen-bond donors (Lipinski definition) is 1. The highest BCUT2D eigenvalue weighted by molar-refractivity contribution is 5.64. The van der Waals surface area contributed by atoms with Crippen molar-refractivity contribution in [3.05, 3.63) is 33.4 Å². The molecule has 0 bridgehead atoms. The largest absolute Gasteiger partial charge is 0.365 e. The second-order valence-corrected chi connectivity index (χ2v) is 3.32. The third kappa shape index (κ3) is 2.66. The van der Waals surface area contributed by atoms with Crippen molar-refractivity contribution in [3.63, 3.8) is 0 Å². The second-order valence-electron chi connectivity index (χ2n) is 3.32. The monoisotopic (exact) mass is 210 g/mol. The molecule has 0 saturated heterocycles. The number of benzene rings is 1. The average molecular weight is 210 g/mol. The summed E-state index contributed by atoms with van der Waals surface area (Å²) in [6.45, 7) is 4.02. The van der Waals surface area contributed by atoms with E-state index in [0.717, 1.165) is 11.1 Å². The van der Waals surface area contributed by atoms with E-state index in [0.29, 0.717) is 5.69 Å². The van der Waals surface area contributed by atoms with Gasteiger partial charge in [-0.25, -0.2) is 0 Å². The van der Waals surface area contributed by atoms with Crippen molar-refractivity contribution in [2.45, 2.75) is 13.8 Å². The number of methoxy groups -OCH3 is 1. The lowest BCUT2D eigenvalue weighted by Gasteiger charge is -2.08. The van der Waals surface area contributed by atoms with Crippen LogP contribution in [0.5, 0.6) is 0 Å². The Bertz CT molecular complexity index is 377. The molecule has 1 aromatic carbocycles. The maximum Gasteiger partial charge on any atom is 0.292 e. The van der Waals surface area contributed by atoms with E-state index in [-0.39, 0.29) is 12.4 Å². The van der Waals surface area contributed by atoms with Crippen molar-refractivity contribution in [2.75, 3.05) is 19.2 Å². The zero-order chi connectivity index (χ0) is 11.4. The minimum absolute atomic E-state index is 0.0788. The Morgan fingerprint density at radius 3 is 2.53 bits per heavy atom. The van der Waals surface area contributed by atoms with Crippen LogP contribution in [-0.2, 0) is 4.74 Å². The lowest BCUT2D eigenvalue weighted by molar-refractivity contribution is -0.384. The topological polar surface area (TPSA) is 64.4 Å². The number of nitro benzene ring substituents is 1. The molecule has 0 atom stereocenters. The molecule has 82 valence electrons. The highest BCUT2D eigenvalue weighted by Gasteiger charge is 2.14. The molecule has 1 aromatic rings. The number of aryl methyl sites for hydroxylation is 2. The molecule has 5 nitrogen and oxygen atoms in total. The van der Waals surface area contributed by atoms with Crippen LogP contribution in [0.1, 0.15) is 11.1 Å². The minimum atomic E-state index is -0.398. The Morgan fingerprint density at radius 1 is 1.40 bits per heavy atom. The van der Waals surface area contributed by atoms with E-state index in [2.05, 4.69) is 5.32 Å². The van der Waals surface area contributed by atoms with Gasteiger partial charge in [0, 0.05) is 13.2 Å². The highest BCUT2D eigenvalue weighted by atomic mass is 16.6. The molecule has 1 N–H and O–H groups in total. The number of rotatable bonds is 4. The zero-order valence-electron chi connectivity index (χ0n) is 9.03. The second kappa shape index (κ2) is 4.75. The Labute approximate surface area is 88.2 Å². The van der Waals surface area contributed by atoms with Gasteiger partial charge in [0.15, 0.2) is 0 Å². The fraction of sp³-hybridized carbons (Fsp3) is 0.400. The van der Waals surface area contributed by atoms with Crippen LogP contribution in [0.3, 0.4) is 0 Å². The number of nitrogens with one attached hydrogen (secondary N) is 1. The molecule has 0 aliphatic carbocycles. The van der Waals surface area contributed by atoms with E-state index in [9.17, 15) is 10.1 Å². The Morgan fingerprint density at radius 2 is 2.00 bits per heavy atom. The molecule has 0 unspecified atom stereocenters. The summed E-state index contributed by atoms with van der Waals surface area (Å²) in [4.78, 5) is 10.4. The van der Waals surface area contributed by atoms with Gasteiger partial charge < -0.3 is 10.1 Å². The predicted octanol–water partition coefficient (Wildman–Crippen LogP) is 2.23. The highest BCUT2D eigenvalue weighted by Crippen LogP contribution is 2.27. The lowest BCUT2D eigenvalue weighted by atomic mass is 10.1. The van der Waals surface area contributed by atoms with Crippen molar-refractivity contribution in [1.82, 2.24) is 0 Å². The first-order valence-corrected chi connectivity index (χ1v) is 4.54. The van der Waals surface area contributed by atoms with Crippen LogP contribution < -0.4 is 5.32 Å². The molecule has 0 aliphatic rings. The van der Waals surface area contributed by atoms with Crippen LogP contribution >= 0.6 is 0 Å². The maximum absolute atomic E-state index is 10.8. The van der Waals surface area contributed by atoms with Gasteiger partial charge in [-0.3, -0.25) is 10.1 Å². The van der Waals surface area contributed by atoms with E-state index in [1.54, 1.807) is 12.1 Å². The number of hydrogen-bond acceptors (Lipinski definition) is 4. The van der Waals surface area contributed by atoms with Gasteiger partial charge in [-0.1, -0.05) is 0 Å². The van der Waals surface area contributed by atoms with Gasteiger partial charge >= 0.3 is 0 Å². The predicted molar refractivity (Wildman–Crippen MR) is 58.1 cm³/mol. The molecule has 0 spiro atoms. The van der Waals surface area contributed by atoms with Crippen molar-refractivity contribution < 1.29 is 9.66 Å². The lowest BCUT2D eigenvalue weighted by Crippen LogP contribution is -2.06. The van der Waals surface area contributed by atoms with E-state index in [1.807, 2.05) is 13.8 Å². The van der Waals surface area contributed by atoms with Crippen LogP contribution in [0.4, 0.5) is 11.4 Å². The molecule has 0 saturated carbocycles. The van der Waals surface area contributed by atoms with Crippen LogP contribution in [0.15, 0.2) is 12.1 Å². The third-order valence-corrected chi connectivity index (χ3v) is 2.22. The van der Waals surface area contributed by atoms with Gasteiger partial charge in [0.1, 0.15) is 12.4 Å². The summed E-state index contributed by atoms with van der Waals surface area (Å²) in [5.41, 5.74) is 2.49. The number of nitro groups is 1. The van der Waals surface area contributed by atoms with E-state index >= 15 is 0 Å². The SMILES string of the molecule is COCNc1cc(C)c(C)cc1[N+](=O)[O-]. The number of ether oxygens (including phenoxy) is 1. The zero-order valence-corrected chi connectivity index (χ0v) is 9.03. The van der Waals surface area contributed by atoms with Crippen molar-refractivity contribution in [3.8, 4) is 0 Å². The fourth-order valence-corrected chi connectivity index (χ4v) is 1.24. The summed E-state index contributed by atoms with van der Waals surface area (Å²) < 4.78 is 4.82. The van der Waals surface area contributed by atoms with Gasteiger partial charge in [-0.2, -0.15) is 0 Å². The van der Waals surface area contributed by atoms with Crippen LogP contribution in [0, 0.1) is 24.0 Å². The number of nitrogens with zero attached hydrogens (tertiary/aromatic N) is 1. The summed E-state index contributed by atoms with van der Waals surface area (Å²) in [6.07, 6.45) is 0. The van der Waals surface area contributed by atoms with E-state index in [4.69, 9.17) is 4.74 Å². The standard InChI is InChI=1S/C10H14N2O3/c1-7-4-9(11-6-15-3)10(12(13)14)5-8(7)2/h4-5,11H,6H2,1-3H3. The van der Waals surface area contributed by atoms with Crippen LogP contribution in [0.25, 0.3) is 0 Å². The summed E-state index contributed by atoms with van der Waals surface area (Å²) in [7, 11) is 1.53. The Kier molecular flexibility index (Phi) is 3.62. The summed E-state index contributed by atoms with van der Waals surface area (Å²) in [5.74, 6) is 0. The first-order valence-electron chi connectivity index (χ1n) is 4.54. The van der Waals surface area contributed by atoms with Crippen molar-refractivity contribution in [2.24, 2.45) is 0 Å². The molecule has 0 aromatic heterocycles. The summed E-state index contributed by atoms with van der Waals surface area (Å²) >= 11 is 0. The van der Waals surface area contributed by atoms with Gasteiger partial charge in [-0.05, 0) is 31.0 Å². The average Bonchev–Trinajstić information content (AvgIpc) is 2.19. The minimum Gasteiger partial charge on any atom is -0.365 e. The Balaban J connectivity index is 3.10. The van der Waals surface area contributed by atoms with Crippen molar-refractivity contribution in [1.29, 1.82) is 0 Å². The normalized spacial score (nSPS) is 10.1. The smallest absolute Gasteiger partial charge is 0.292 e. The molecular weight excluding hydrogens is 196 g/mol. The first-order chi connectivity index (χ1) is 7.06. The molecule has 5 heteroatoms. The van der Waals surface area contributed by atoms with Gasteiger partial charge in [0.2, 0.25) is 0 Å². The van der Waals surface area contributed by atoms with Crippen LogP contribution in [0.2, 0.25) is 0 Å². The molecule has 1 rings (SSSR count). The first kappa shape index (κ1) is 11.5. The molecule has 15 heavy (non-hydrogen) atoms. The molecule has 0 radical (unpaired) electrons. The van der Waals surface area contributed by atoms with Gasteiger partial charge in [0.25, 0.3) is 5.69 Å². The molecule has 0 heterocycles. The number of anilines is 1. The van der Waals surface area contributed by atoms with E-state index < -0.39 is 4.92 Å². The maximum atomic E-state index is 10.8. The molecule has 0 fully saturated rings. The summed E-state index contributed by atoms with van der Waals surface area (Å²) in [6, 6.07) is 3.32.